The molecule has 0 radical (unpaired) electrons. The minimum Gasteiger partial charge on any atom is -0.480 e. The molecule has 2 fully saturated rings. The maximum atomic E-state index is 12.5. The first-order chi connectivity index (χ1) is 10.9. The highest BCUT2D eigenvalue weighted by atomic mass is 16.4. The average molecular weight is 324 g/mol. The van der Waals surface area contributed by atoms with Crippen LogP contribution in [0.4, 0.5) is 0 Å². The van der Waals surface area contributed by atoms with E-state index >= 15 is 0 Å². The molecule has 0 aromatic rings. The zero-order valence-corrected chi connectivity index (χ0v) is 14.1. The molecule has 2 rings (SSSR count). The van der Waals surface area contributed by atoms with E-state index in [2.05, 4.69) is 0 Å². The normalized spacial score (nSPS) is 25.8. The maximum absolute atomic E-state index is 12.5. The highest BCUT2D eigenvalue weighted by molar-refractivity contribution is 5.89. The first-order valence-electron chi connectivity index (χ1n) is 8.77. The second-order valence-corrected chi connectivity index (χ2v) is 6.88. The number of nitrogens with zero attached hydrogens (tertiary/aromatic N) is 2. The van der Waals surface area contributed by atoms with E-state index < -0.39 is 11.5 Å². The summed E-state index contributed by atoms with van der Waals surface area (Å²) in [5.74, 6) is -1.14. The van der Waals surface area contributed by atoms with Gasteiger partial charge in [0.25, 0.3) is 0 Å². The van der Waals surface area contributed by atoms with E-state index in [-0.39, 0.29) is 24.7 Å². The summed E-state index contributed by atoms with van der Waals surface area (Å²) in [6.45, 7) is 3.65. The molecule has 0 aromatic carbocycles. The van der Waals surface area contributed by atoms with Crippen molar-refractivity contribution in [2.24, 2.45) is 0 Å². The standard InChI is InChI=1S/C17H28N2O4/c1-17(16(22)23)10-4-7-13-19(17)15(21)9-8-14(20)18-11-5-2-3-6-12-18/h2-13H2,1H3,(H,22,23)/t17-/m0/s1. The molecule has 2 aliphatic rings. The predicted octanol–water partition coefficient (Wildman–Crippen LogP) is 2.02. The summed E-state index contributed by atoms with van der Waals surface area (Å²) >= 11 is 0. The third-order valence-corrected chi connectivity index (χ3v) is 5.16. The fourth-order valence-electron chi connectivity index (χ4n) is 3.57. The van der Waals surface area contributed by atoms with Gasteiger partial charge in [-0.3, -0.25) is 9.59 Å². The van der Waals surface area contributed by atoms with Gasteiger partial charge in [0.2, 0.25) is 11.8 Å². The fourth-order valence-corrected chi connectivity index (χ4v) is 3.57. The maximum Gasteiger partial charge on any atom is 0.329 e. The molecule has 1 atom stereocenters. The highest BCUT2D eigenvalue weighted by Gasteiger charge is 2.43. The van der Waals surface area contributed by atoms with Crippen LogP contribution in [0.25, 0.3) is 0 Å². The van der Waals surface area contributed by atoms with Crippen molar-refractivity contribution in [3.8, 4) is 0 Å². The highest BCUT2D eigenvalue weighted by Crippen LogP contribution is 2.29. The number of carboxylic acids is 1. The monoisotopic (exact) mass is 324 g/mol. The number of carbonyl (C=O) groups is 3. The van der Waals surface area contributed by atoms with E-state index in [0.29, 0.717) is 13.0 Å². The van der Waals surface area contributed by atoms with Gasteiger partial charge in [-0.25, -0.2) is 4.79 Å². The lowest BCUT2D eigenvalue weighted by molar-refractivity contribution is -0.161. The third kappa shape index (κ3) is 4.24. The molecule has 2 heterocycles. The van der Waals surface area contributed by atoms with E-state index in [1.165, 1.54) is 4.90 Å². The number of rotatable bonds is 4. The number of hydrogen-bond donors (Lipinski definition) is 1. The van der Waals surface area contributed by atoms with Gasteiger partial charge in [-0.15, -0.1) is 0 Å². The minimum atomic E-state index is -1.12. The van der Waals surface area contributed by atoms with Crippen molar-refractivity contribution in [1.29, 1.82) is 0 Å². The zero-order chi connectivity index (χ0) is 16.9. The van der Waals surface area contributed by atoms with Crippen LogP contribution < -0.4 is 0 Å². The Bertz CT molecular complexity index is 458. The largest absolute Gasteiger partial charge is 0.480 e. The molecule has 2 saturated heterocycles. The number of aliphatic carboxylic acids is 1. The summed E-state index contributed by atoms with van der Waals surface area (Å²) in [4.78, 5) is 39.6. The van der Waals surface area contributed by atoms with Crippen molar-refractivity contribution < 1.29 is 19.5 Å². The van der Waals surface area contributed by atoms with Crippen molar-refractivity contribution in [1.82, 2.24) is 9.80 Å². The van der Waals surface area contributed by atoms with Gasteiger partial charge in [0.1, 0.15) is 5.54 Å². The number of amides is 2. The average Bonchev–Trinajstić information content (AvgIpc) is 2.82. The van der Waals surface area contributed by atoms with Gasteiger partial charge >= 0.3 is 5.97 Å². The molecule has 0 spiro atoms. The van der Waals surface area contributed by atoms with Crippen LogP contribution in [-0.4, -0.2) is 57.9 Å². The van der Waals surface area contributed by atoms with E-state index in [4.69, 9.17) is 0 Å². The molecular formula is C17H28N2O4. The van der Waals surface area contributed by atoms with Crippen LogP contribution in [0.1, 0.15) is 64.7 Å². The molecule has 2 amide bonds. The molecule has 130 valence electrons. The summed E-state index contributed by atoms with van der Waals surface area (Å²) in [5.41, 5.74) is -1.12. The van der Waals surface area contributed by atoms with Crippen molar-refractivity contribution in [3.05, 3.63) is 0 Å². The predicted molar refractivity (Wildman–Crippen MR) is 85.9 cm³/mol. The Kier molecular flexibility index (Phi) is 6.02. The first kappa shape index (κ1) is 17.8. The van der Waals surface area contributed by atoms with Crippen LogP contribution >= 0.6 is 0 Å². The van der Waals surface area contributed by atoms with E-state index in [1.54, 1.807) is 6.92 Å². The Morgan fingerprint density at radius 2 is 1.43 bits per heavy atom. The van der Waals surface area contributed by atoms with Gasteiger partial charge in [0.05, 0.1) is 0 Å². The number of carbonyl (C=O) groups excluding carboxylic acids is 2. The van der Waals surface area contributed by atoms with E-state index in [0.717, 1.165) is 51.6 Å². The van der Waals surface area contributed by atoms with Crippen LogP contribution in [-0.2, 0) is 14.4 Å². The Morgan fingerprint density at radius 1 is 0.870 bits per heavy atom. The topological polar surface area (TPSA) is 77.9 Å². The molecule has 0 bridgehead atoms. The van der Waals surface area contributed by atoms with Gasteiger partial charge in [-0.1, -0.05) is 12.8 Å². The second kappa shape index (κ2) is 7.79. The lowest BCUT2D eigenvalue weighted by Gasteiger charge is -2.41. The summed E-state index contributed by atoms with van der Waals surface area (Å²) in [6, 6.07) is 0. The Morgan fingerprint density at radius 3 is 2.04 bits per heavy atom. The van der Waals surface area contributed by atoms with Crippen LogP contribution in [0.5, 0.6) is 0 Å². The van der Waals surface area contributed by atoms with Crippen LogP contribution in [0, 0.1) is 0 Å². The molecule has 6 nitrogen and oxygen atoms in total. The lowest BCUT2D eigenvalue weighted by Crippen LogP contribution is -2.57. The van der Waals surface area contributed by atoms with Gasteiger partial charge in [-0.05, 0) is 39.0 Å². The number of carboxylic acid groups (broad SMARTS) is 1. The molecule has 2 aliphatic heterocycles. The Hall–Kier alpha value is -1.59. The quantitative estimate of drug-likeness (QED) is 0.858. The summed E-state index contributed by atoms with van der Waals surface area (Å²) in [7, 11) is 0. The minimum absolute atomic E-state index is 0.0225. The van der Waals surface area contributed by atoms with E-state index in [9.17, 15) is 19.5 Å². The molecule has 1 N–H and O–H groups in total. The van der Waals surface area contributed by atoms with Crippen LogP contribution in [0.3, 0.4) is 0 Å². The third-order valence-electron chi connectivity index (χ3n) is 5.16. The molecule has 0 saturated carbocycles. The molecule has 0 unspecified atom stereocenters. The number of hydrogen-bond acceptors (Lipinski definition) is 3. The van der Waals surface area contributed by atoms with Gasteiger partial charge < -0.3 is 14.9 Å². The van der Waals surface area contributed by atoms with Gasteiger partial charge in [-0.2, -0.15) is 0 Å². The lowest BCUT2D eigenvalue weighted by atomic mass is 9.88. The second-order valence-electron chi connectivity index (χ2n) is 6.88. The zero-order valence-electron chi connectivity index (χ0n) is 14.1. The van der Waals surface area contributed by atoms with Crippen molar-refractivity contribution >= 4 is 17.8 Å². The Balaban J connectivity index is 1.90. The van der Waals surface area contributed by atoms with E-state index in [1.807, 2.05) is 4.90 Å². The smallest absolute Gasteiger partial charge is 0.329 e. The molecule has 0 aromatic heterocycles. The fraction of sp³-hybridized carbons (Fsp3) is 0.824. The molecular weight excluding hydrogens is 296 g/mol. The van der Waals surface area contributed by atoms with Crippen molar-refractivity contribution in [2.75, 3.05) is 19.6 Å². The summed E-state index contributed by atoms with van der Waals surface area (Å²) < 4.78 is 0. The molecule has 0 aliphatic carbocycles. The summed E-state index contributed by atoms with van der Waals surface area (Å²) in [6.07, 6.45) is 6.80. The van der Waals surface area contributed by atoms with Gasteiger partial charge in [0, 0.05) is 32.5 Å². The number of piperidine rings is 1. The van der Waals surface area contributed by atoms with Crippen molar-refractivity contribution in [3.63, 3.8) is 0 Å². The molecule has 6 heteroatoms. The SMILES string of the molecule is C[C@@]1(C(=O)O)CCCCN1C(=O)CCC(=O)N1CCCCCC1. The van der Waals surface area contributed by atoms with Crippen molar-refractivity contribution in [2.45, 2.75) is 70.3 Å². The van der Waals surface area contributed by atoms with Crippen LogP contribution in [0.2, 0.25) is 0 Å². The number of likely N-dealkylation sites (tertiary alicyclic amines) is 2. The Labute approximate surface area is 137 Å². The van der Waals surface area contributed by atoms with Crippen LogP contribution in [0.15, 0.2) is 0 Å². The van der Waals surface area contributed by atoms with Gasteiger partial charge in [0.15, 0.2) is 0 Å². The molecule has 23 heavy (non-hydrogen) atoms. The first-order valence-corrected chi connectivity index (χ1v) is 8.77. The summed E-state index contributed by atoms with van der Waals surface area (Å²) in [5, 5.41) is 9.46.